The second-order valence-corrected chi connectivity index (χ2v) is 6.14. The molecule has 1 aliphatic heterocycles. The van der Waals surface area contributed by atoms with Crippen LogP contribution in [0.5, 0.6) is 0 Å². The fourth-order valence-electron chi connectivity index (χ4n) is 3.28. The smallest absolute Gasteiger partial charge is 0.360 e. The van der Waals surface area contributed by atoms with E-state index in [0.717, 1.165) is 25.2 Å². The molecule has 0 saturated carbocycles. The predicted octanol–water partition coefficient (Wildman–Crippen LogP) is 2.96. The zero-order valence-corrected chi connectivity index (χ0v) is 13.6. The van der Waals surface area contributed by atoms with Gasteiger partial charge in [-0.2, -0.15) is 0 Å². The van der Waals surface area contributed by atoms with Gasteiger partial charge in [-0.25, -0.2) is 4.79 Å². The van der Waals surface area contributed by atoms with Gasteiger partial charge in [0, 0.05) is 19.0 Å². The van der Waals surface area contributed by atoms with E-state index in [9.17, 15) is 9.90 Å². The normalized spacial score (nSPS) is 17.0. The van der Waals surface area contributed by atoms with Crippen LogP contribution in [0.15, 0.2) is 60.7 Å². The number of aromatic carboxylic acids is 1. The van der Waals surface area contributed by atoms with Crippen molar-refractivity contribution in [3.63, 3.8) is 0 Å². The first-order chi connectivity index (χ1) is 12.2. The first kappa shape index (κ1) is 15.4. The topological polar surface area (TPSA) is 71.2 Å². The van der Waals surface area contributed by atoms with E-state index in [0.29, 0.717) is 11.7 Å². The van der Waals surface area contributed by atoms with Crippen molar-refractivity contribution in [3.05, 3.63) is 71.9 Å². The molecule has 0 spiro atoms. The number of aromatic nitrogens is 3. The van der Waals surface area contributed by atoms with Crippen molar-refractivity contribution in [1.29, 1.82) is 0 Å². The molecular weight excluding hydrogens is 316 g/mol. The minimum atomic E-state index is -1.06. The first-order valence-corrected chi connectivity index (χ1v) is 8.28. The van der Waals surface area contributed by atoms with Crippen molar-refractivity contribution < 1.29 is 9.90 Å². The maximum atomic E-state index is 11.6. The van der Waals surface area contributed by atoms with Gasteiger partial charge >= 0.3 is 5.97 Å². The summed E-state index contributed by atoms with van der Waals surface area (Å²) in [5.74, 6) is -0.236. The van der Waals surface area contributed by atoms with Crippen LogP contribution in [0, 0.1) is 0 Å². The first-order valence-electron chi connectivity index (χ1n) is 8.28. The Labute approximate surface area is 145 Å². The second-order valence-electron chi connectivity index (χ2n) is 6.14. The molecular formula is C19H18N4O2. The van der Waals surface area contributed by atoms with Crippen molar-refractivity contribution >= 4 is 11.8 Å². The third-order valence-corrected chi connectivity index (χ3v) is 4.54. The molecule has 6 nitrogen and oxygen atoms in total. The van der Waals surface area contributed by atoms with E-state index in [1.54, 1.807) is 0 Å². The standard InChI is InChI=1S/C19H18N4O2/c24-19(25)17-18(21-23(20-17)16-9-5-2-6-10-16)22-12-11-15(13-22)14-7-3-1-4-8-14/h1-10,15H,11-13H2,(H,24,25)/t15-/m1/s1. The number of para-hydroxylation sites is 1. The summed E-state index contributed by atoms with van der Waals surface area (Å²) >= 11 is 0. The monoisotopic (exact) mass is 334 g/mol. The summed E-state index contributed by atoms with van der Waals surface area (Å²) in [4.78, 5) is 15.1. The summed E-state index contributed by atoms with van der Waals surface area (Å²) < 4.78 is 0. The van der Waals surface area contributed by atoms with Gasteiger partial charge in [-0.05, 0) is 24.1 Å². The highest BCUT2D eigenvalue weighted by Crippen LogP contribution is 2.31. The molecule has 0 amide bonds. The number of carboxylic acids is 1. The lowest BCUT2D eigenvalue weighted by molar-refractivity contribution is 0.0690. The van der Waals surface area contributed by atoms with E-state index in [4.69, 9.17) is 0 Å². The second kappa shape index (κ2) is 6.39. The molecule has 126 valence electrons. The Hall–Kier alpha value is -3.15. The average molecular weight is 334 g/mol. The highest BCUT2D eigenvalue weighted by atomic mass is 16.4. The molecule has 4 rings (SSSR count). The van der Waals surface area contributed by atoms with Gasteiger partial charge in [-0.3, -0.25) is 0 Å². The van der Waals surface area contributed by atoms with Crippen LogP contribution in [-0.2, 0) is 0 Å². The minimum absolute atomic E-state index is 0.00225. The van der Waals surface area contributed by atoms with Gasteiger partial charge in [0.15, 0.2) is 5.82 Å². The van der Waals surface area contributed by atoms with Crippen molar-refractivity contribution in [2.45, 2.75) is 12.3 Å². The minimum Gasteiger partial charge on any atom is -0.476 e. The Bertz CT molecular complexity index is 877. The molecule has 1 aliphatic rings. The lowest BCUT2D eigenvalue weighted by atomic mass is 9.99. The van der Waals surface area contributed by atoms with Gasteiger partial charge in [0.05, 0.1) is 5.69 Å². The third kappa shape index (κ3) is 2.98. The van der Waals surface area contributed by atoms with Crippen LogP contribution in [0.1, 0.15) is 28.4 Å². The molecule has 6 heteroatoms. The van der Waals surface area contributed by atoms with E-state index in [2.05, 4.69) is 22.3 Å². The zero-order chi connectivity index (χ0) is 17.2. The Balaban J connectivity index is 1.64. The van der Waals surface area contributed by atoms with Crippen molar-refractivity contribution in [2.24, 2.45) is 0 Å². The van der Waals surface area contributed by atoms with Crippen LogP contribution in [0.2, 0.25) is 0 Å². The number of anilines is 1. The highest BCUT2D eigenvalue weighted by molar-refractivity contribution is 5.91. The average Bonchev–Trinajstić information content (AvgIpc) is 3.30. The summed E-state index contributed by atoms with van der Waals surface area (Å²) in [5.41, 5.74) is 2.02. The molecule has 1 atom stereocenters. The van der Waals surface area contributed by atoms with E-state index in [-0.39, 0.29) is 5.69 Å². The SMILES string of the molecule is O=C(O)c1nn(-c2ccccc2)nc1N1CC[C@@H](c2ccccc2)C1. The molecule has 1 saturated heterocycles. The van der Waals surface area contributed by atoms with Crippen LogP contribution in [0.4, 0.5) is 5.82 Å². The van der Waals surface area contributed by atoms with Crippen LogP contribution >= 0.6 is 0 Å². The number of hydrogen-bond donors (Lipinski definition) is 1. The number of hydrogen-bond acceptors (Lipinski definition) is 4. The molecule has 0 radical (unpaired) electrons. The summed E-state index contributed by atoms with van der Waals surface area (Å²) in [6.07, 6.45) is 0.973. The van der Waals surface area contributed by atoms with E-state index >= 15 is 0 Å². The fraction of sp³-hybridized carbons (Fsp3) is 0.211. The maximum Gasteiger partial charge on any atom is 0.360 e. The number of benzene rings is 2. The van der Waals surface area contributed by atoms with Gasteiger partial charge in [0.2, 0.25) is 5.69 Å². The van der Waals surface area contributed by atoms with Gasteiger partial charge in [-0.1, -0.05) is 48.5 Å². The fourth-order valence-corrected chi connectivity index (χ4v) is 3.28. The number of carboxylic acid groups (broad SMARTS) is 1. The summed E-state index contributed by atoms with van der Waals surface area (Å²) in [5, 5.41) is 18.2. The highest BCUT2D eigenvalue weighted by Gasteiger charge is 2.30. The summed E-state index contributed by atoms with van der Waals surface area (Å²) in [6.45, 7) is 1.52. The van der Waals surface area contributed by atoms with E-state index in [1.165, 1.54) is 10.4 Å². The number of nitrogens with zero attached hydrogens (tertiary/aromatic N) is 4. The third-order valence-electron chi connectivity index (χ3n) is 4.54. The molecule has 0 aliphatic carbocycles. The zero-order valence-electron chi connectivity index (χ0n) is 13.6. The number of carbonyl (C=O) groups is 1. The van der Waals surface area contributed by atoms with Crippen LogP contribution < -0.4 is 4.90 Å². The van der Waals surface area contributed by atoms with Crippen LogP contribution in [0.25, 0.3) is 5.69 Å². The molecule has 2 aromatic carbocycles. The lowest BCUT2D eigenvalue weighted by Gasteiger charge is -2.16. The van der Waals surface area contributed by atoms with Gasteiger partial charge in [0.25, 0.3) is 0 Å². The predicted molar refractivity (Wildman–Crippen MR) is 94.3 cm³/mol. The molecule has 3 aromatic rings. The quantitative estimate of drug-likeness (QED) is 0.794. The van der Waals surface area contributed by atoms with Crippen LogP contribution in [-0.4, -0.2) is 39.2 Å². The molecule has 0 bridgehead atoms. The van der Waals surface area contributed by atoms with Crippen molar-refractivity contribution in [3.8, 4) is 5.69 Å². The summed E-state index contributed by atoms with van der Waals surface area (Å²) in [7, 11) is 0. The van der Waals surface area contributed by atoms with Crippen molar-refractivity contribution in [1.82, 2.24) is 15.0 Å². The molecule has 1 fully saturated rings. The van der Waals surface area contributed by atoms with E-state index in [1.807, 2.05) is 53.4 Å². The molecule has 2 heterocycles. The Morgan fingerprint density at radius 3 is 2.36 bits per heavy atom. The Morgan fingerprint density at radius 2 is 1.68 bits per heavy atom. The molecule has 1 aromatic heterocycles. The maximum absolute atomic E-state index is 11.6. The van der Waals surface area contributed by atoms with Gasteiger partial charge < -0.3 is 10.0 Å². The van der Waals surface area contributed by atoms with Gasteiger partial charge in [0.1, 0.15) is 0 Å². The Kier molecular flexibility index (Phi) is 3.93. The van der Waals surface area contributed by atoms with E-state index < -0.39 is 5.97 Å². The molecule has 25 heavy (non-hydrogen) atoms. The van der Waals surface area contributed by atoms with Gasteiger partial charge in [-0.15, -0.1) is 15.0 Å². The van der Waals surface area contributed by atoms with Crippen molar-refractivity contribution in [2.75, 3.05) is 18.0 Å². The largest absolute Gasteiger partial charge is 0.476 e. The van der Waals surface area contributed by atoms with Crippen LogP contribution in [0.3, 0.4) is 0 Å². The summed E-state index contributed by atoms with van der Waals surface area (Å²) in [6, 6.07) is 19.7. The molecule has 1 N–H and O–H groups in total. The Morgan fingerprint density at radius 1 is 1.00 bits per heavy atom. The lowest BCUT2D eigenvalue weighted by Crippen LogP contribution is -2.22. The number of rotatable bonds is 4. The molecule has 0 unspecified atom stereocenters.